The molecule has 166 valence electrons. The van der Waals surface area contributed by atoms with E-state index in [-0.39, 0.29) is 11.3 Å². The van der Waals surface area contributed by atoms with Crippen LogP contribution in [0.5, 0.6) is 11.5 Å². The number of nitriles is 1. The van der Waals surface area contributed by atoms with Crippen LogP contribution in [-0.4, -0.2) is 52.0 Å². The van der Waals surface area contributed by atoms with Gasteiger partial charge in [-0.05, 0) is 25.1 Å². The lowest BCUT2D eigenvalue weighted by Crippen LogP contribution is -2.43. The number of ether oxygens (including phenoxy) is 1. The van der Waals surface area contributed by atoms with Gasteiger partial charge in [-0.2, -0.15) is 5.26 Å². The van der Waals surface area contributed by atoms with Crippen LogP contribution in [0.2, 0.25) is 0 Å². The maximum Gasteiger partial charge on any atom is 0.315 e. The highest BCUT2D eigenvalue weighted by molar-refractivity contribution is 6.06. The minimum Gasteiger partial charge on any atom is -0.506 e. The number of hydrogen-bond acceptors (Lipinski definition) is 8. The number of anilines is 1. The SMILES string of the molecule is COc1cc(/C(O)=C(\C#N)C(=O)N(C)C(C)C(=O)Nc2ccccc2)cc([N+](=O)[O-])c1O. The summed E-state index contributed by atoms with van der Waals surface area (Å²) < 4.78 is 4.85. The predicted molar refractivity (Wildman–Crippen MR) is 114 cm³/mol. The maximum absolute atomic E-state index is 12.8. The first-order chi connectivity index (χ1) is 15.1. The van der Waals surface area contributed by atoms with Gasteiger partial charge in [-0.15, -0.1) is 0 Å². The summed E-state index contributed by atoms with van der Waals surface area (Å²) in [5, 5.41) is 43.6. The maximum atomic E-state index is 12.8. The molecule has 0 saturated heterocycles. The number of amides is 2. The molecule has 0 heterocycles. The number of likely N-dealkylation sites (N-methyl/N-ethyl adjacent to an activating group) is 1. The number of carbonyl (C=O) groups excluding carboxylic acids is 2. The fourth-order valence-corrected chi connectivity index (χ4v) is 2.67. The molecular formula is C21H20N4O7. The average Bonchev–Trinajstić information content (AvgIpc) is 2.78. The molecule has 0 aromatic heterocycles. The Kier molecular flexibility index (Phi) is 7.36. The molecule has 2 amide bonds. The van der Waals surface area contributed by atoms with Gasteiger partial charge in [-0.3, -0.25) is 19.7 Å². The monoisotopic (exact) mass is 440 g/mol. The van der Waals surface area contributed by atoms with Gasteiger partial charge in [0.2, 0.25) is 11.7 Å². The molecule has 0 spiro atoms. The van der Waals surface area contributed by atoms with Crippen molar-refractivity contribution >= 4 is 28.9 Å². The molecule has 2 aromatic rings. The summed E-state index contributed by atoms with van der Waals surface area (Å²) in [6.07, 6.45) is 0. The highest BCUT2D eigenvalue weighted by Gasteiger charge is 2.29. The molecule has 32 heavy (non-hydrogen) atoms. The summed E-state index contributed by atoms with van der Waals surface area (Å²) in [5.74, 6) is -3.51. The van der Waals surface area contributed by atoms with Crippen LogP contribution in [-0.2, 0) is 9.59 Å². The number of carbonyl (C=O) groups is 2. The van der Waals surface area contributed by atoms with E-state index in [1.54, 1.807) is 36.4 Å². The average molecular weight is 440 g/mol. The zero-order chi connectivity index (χ0) is 24.0. The van der Waals surface area contributed by atoms with E-state index in [1.165, 1.54) is 14.0 Å². The van der Waals surface area contributed by atoms with Crippen molar-refractivity contribution in [3.05, 3.63) is 63.7 Å². The fourth-order valence-electron chi connectivity index (χ4n) is 2.67. The lowest BCUT2D eigenvalue weighted by molar-refractivity contribution is -0.386. The summed E-state index contributed by atoms with van der Waals surface area (Å²) in [5.41, 5.74) is -1.34. The number of phenols is 1. The third-order valence-corrected chi connectivity index (χ3v) is 4.63. The number of para-hydroxylation sites is 1. The largest absolute Gasteiger partial charge is 0.506 e. The second-order valence-electron chi connectivity index (χ2n) is 6.59. The molecule has 0 bridgehead atoms. The Hall–Kier alpha value is -4.59. The molecule has 0 aliphatic heterocycles. The number of aliphatic hydroxyl groups excluding tert-OH is 1. The Morgan fingerprint density at radius 2 is 1.91 bits per heavy atom. The van der Waals surface area contributed by atoms with E-state index in [9.17, 15) is 35.2 Å². The number of aliphatic hydroxyl groups is 1. The van der Waals surface area contributed by atoms with E-state index in [1.807, 2.05) is 0 Å². The fraction of sp³-hybridized carbons (Fsp3) is 0.190. The topological polar surface area (TPSA) is 166 Å². The van der Waals surface area contributed by atoms with Gasteiger partial charge in [-0.1, -0.05) is 18.2 Å². The van der Waals surface area contributed by atoms with Crippen LogP contribution >= 0.6 is 0 Å². The van der Waals surface area contributed by atoms with E-state index in [0.717, 1.165) is 24.1 Å². The van der Waals surface area contributed by atoms with Crippen molar-refractivity contribution in [1.82, 2.24) is 4.90 Å². The van der Waals surface area contributed by atoms with Crippen molar-refractivity contribution < 1.29 is 29.5 Å². The Bertz CT molecular complexity index is 1120. The number of aromatic hydroxyl groups is 1. The van der Waals surface area contributed by atoms with Gasteiger partial charge in [0, 0.05) is 24.4 Å². The van der Waals surface area contributed by atoms with Crippen molar-refractivity contribution in [3.63, 3.8) is 0 Å². The summed E-state index contributed by atoms with van der Waals surface area (Å²) in [4.78, 5) is 36.5. The highest BCUT2D eigenvalue weighted by atomic mass is 16.6. The molecule has 0 aliphatic rings. The number of nitro benzene ring substituents is 1. The smallest absolute Gasteiger partial charge is 0.315 e. The standard InChI is InChI=1S/C21H20N4O7/c1-12(20(28)23-14-7-5-4-6-8-14)24(2)21(29)15(11-22)18(26)13-9-16(25(30)31)19(27)17(10-13)32-3/h4-10,12,26-27H,1-3H3,(H,23,28)/b18-15-. The summed E-state index contributed by atoms with van der Waals surface area (Å²) in [7, 11) is 2.41. The number of nitrogens with one attached hydrogen (secondary N) is 1. The first-order valence-electron chi connectivity index (χ1n) is 9.14. The number of phenolic OH excluding ortho intramolecular Hbond substituents is 1. The van der Waals surface area contributed by atoms with E-state index in [2.05, 4.69) is 5.32 Å². The molecule has 1 unspecified atom stereocenters. The van der Waals surface area contributed by atoms with Gasteiger partial charge in [0.25, 0.3) is 5.91 Å². The van der Waals surface area contributed by atoms with Crippen LogP contribution in [0.3, 0.4) is 0 Å². The van der Waals surface area contributed by atoms with Crippen molar-refractivity contribution in [3.8, 4) is 17.6 Å². The number of benzene rings is 2. The molecule has 0 radical (unpaired) electrons. The number of nitro groups is 1. The Morgan fingerprint density at radius 1 is 1.28 bits per heavy atom. The molecule has 11 nitrogen and oxygen atoms in total. The van der Waals surface area contributed by atoms with E-state index < -0.39 is 45.5 Å². The van der Waals surface area contributed by atoms with Crippen LogP contribution in [0.4, 0.5) is 11.4 Å². The lowest BCUT2D eigenvalue weighted by atomic mass is 10.1. The van der Waals surface area contributed by atoms with Crippen LogP contribution in [0, 0.1) is 21.4 Å². The van der Waals surface area contributed by atoms with Crippen LogP contribution in [0.25, 0.3) is 5.76 Å². The quantitative estimate of drug-likeness (QED) is 0.194. The molecule has 2 rings (SSSR count). The number of hydrogen-bond donors (Lipinski definition) is 3. The molecule has 11 heteroatoms. The summed E-state index contributed by atoms with van der Waals surface area (Å²) in [6.45, 7) is 1.43. The second kappa shape index (κ2) is 9.94. The molecule has 1 atom stereocenters. The molecule has 0 saturated carbocycles. The van der Waals surface area contributed by atoms with Gasteiger partial charge in [0.05, 0.1) is 12.0 Å². The Morgan fingerprint density at radius 3 is 2.44 bits per heavy atom. The van der Waals surface area contributed by atoms with Crippen molar-refractivity contribution in [2.45, 2.75) is 13.0 Å². The van der Waals surface area contributed by atoms with Crippen LogP contribution < -0.4 is 10.1 Å². The van der Waals surface area contributed by atoms with Gasteiger partial charge >= 0.3 is 5.69 Å². The van der Waals surface area contributed by atoms with Gasteiger partial charge in [-0.25, -0.2) is 0 Å². The van der Waals surface area contributed by atoms with E-state index >= 15 is 0 Å². The Labute approximate surface area is 182 Å². The van der Waals surface area contributed by atoms with Gasteiger partial charge in [0.15, 0.2) is 11.3 Å². The predicted octanol–water partition coefficient (Wildman–Crippen LogP) is 2.59. The van der Waals surface area contributed by atoms with Crippen molar-refractivity contribution in [2.24, 2.45) is 0 Å². The number of nitrogens with zero attached hydrogens (tertiary/aromatic N) is 3. The highest BCUT2D eigenvalue weighted by Crippen LogP contribution is 2.38. The third-order valence-electron chi connectivity index (χ3n) is 4.63. The Balaban J connectivity index is 2.38. The minimum atomic E-state index is -1.03. The van der Waals surface area contributed by atoms with Crippen LogP contribution in [0.1, 0.15) is 12.5 Å². The van der Waals surface area contributed by atoms with Crippen LogP contribution in [0.15, 0.2) is 48.0 Å². The normalized spacial score (nSPS) is 12.1. The summed E-state index contributed by atoms with van der Waals surface area (Å²) >= 11 is 0. The second-order valence-corrected chi connectivity index (χ2v) is 6.59. The number of rotatable bonds is 7. The third kappa shape index (κ3) is 4.93. The molecule has 3 N–H and O–H groups in total. The van der Waals surface area contributed by atoms with Crippen molar-refractivity contribution in [1.29, 1.82) is 5.26 Å². The molecule has 2 aromatic carbocycles. The molecule has 0 fully saturated rings. The zero-order valence-corrected chi connectivity index (χ0v) is 17.4. The first-order valence-corrected chi connectivity index (χ1v) is 9.14. The molecular weight excluding hydrogens is 420 g/mol. The van der Waals surface area contributed by atoms with E-state index in [4.69, 9.17) is 4.74 Å². The lowest BCUT2D eigenvalue weighted by Gasteiger charge is -2.24. The van der Waals surface area contributed by atoms with E-state index in [0.29, 0.717) is 5.69 Å². The minimum absolute atomic E-state index is 0.300. The van der Waals surface area contributed by atoms with Gasteiger partial charge in [0.1, 0.15) is 17.9 Å². The zero-order valence-electron chi connectivity index (χ0n) is 17.4. The molecule has 0 aliphatic carbocycles. The van der Waals surface area contributed by atoms with Gasteiger partial charge < -0.3 is 25.2 Å². The van der Waals surface area contributed by atoms with Crippen molar-refractivity contribution in [2.75, 3.05) is 19.5 Å². The summed E-state index contributed by atoms with van der Waals surface area (Å²) in [6, 6.07) is 10.9. The number of methoxy groups -OCH3 is 1. The first kappa shape index (κ1) is 23.7.